The first kappa shape index (κ1) is 20.6. The number of carbonyl (C=O) groups excluding carboxylic acids is 1. The molecule has 0 radical (unpaired) electrons. The van der Waals surface area contributed by atoms with Crippen LogP contribution in [0.15, 0.2) is 28.7 Å². The number of ether oxygens (including phenoxy) is 1. The Hall–Kier alpha value is -1.12. The molecule has 4 nitrogen and oxygen atoms in total. The van der Waals surface area contributed by atoms with Crippen LogP contribution in [-0.4, -0.2) is 49.8 Å². The van der Waals surface area contributed by atoms with E-state index < -0.39 is 17.6 Å². The molecule has 1 aromatic rings. The van der Waals surface area contributed by atoms with E-state index in [9.17, 15) is 18.0 Å². The van der Waals surface area contributed by atoms with Gasteiger partial charge in [-0.1, -0.05) is 28.1 Å². The van der Waals surface area contributed by atoms with Crippen molar-refractivity contribution in [1.82, 2.24) is 10.2 Å². The predicted octanol–water partition coefficient (Wildman–Crippen LogP) is 3.85. The number of nitrogens with zero attached hydrogens (tertiary/aromatic N) is 1. The van der Waals surface area contributed by atoms with Crippen molar-refractivity contribution < 1.29 is 22.7 Å². The van der Waals surface area contributed by atoms with Gasteiger partial charge >= 0.3 is 6.18 Å². The molecule has 0 aromatic heterocycles. The number of hydrogen-bond acceptors (Lipinski definition) is 3. The van der Waals surface area contributed by atoms with Crippen LogP contribution in [0.3, 0.4) is 0 Å². The van der Waals surface area contributed by atoms with Gasteiger partial charge < -0.3 is 9.64 Å². The Kier molecular flexibility index (Phi) is 6.48. The van der Waals surface area contributed by atoms with Gasteiger partial charge in [-0.15, -0.1) is 0 Å². The van der Waals surface area contributed by atoms with Crippen molar-refractivity contribution in [2.24, 2.45) is 5.92 Å². The van der Waals surface area contributed by atoms with Gasteiger partial charge in [-0.25, -0.2) is 0 Å². The van der Waals surface area contributed by atoms with E-state index >= 15 is 0 Å². The standard InChI is InChI=1S/C19H24BrF3N2O2/c20-16-5-1-3-14(11-16)18(6-9-27-10-7-18)24-12-17(26)25-8-2-4-15(13-25)19(21,22)23/h1,3,5,11,15,24H,2,4,6-10,12-13H2. The molecule has 8 heteroatoms. The summed E-state index contributed by atoms with van der Waals surface area (Å²) in [5.41, 5.74) is 0.650. The predicted molar refractivity (Wildman–Crippen MR) is 99.2 cm³/mol. The van der Waals surface area contributed by atoms with E-state index in [0.717, 1.165) is 10.0 Å². The summed E-state index contributed by atoms with van der Waals surface area (Å²) in [6, 6.07) is 7.91. The number of benzene rings is 1. The van der Waals surface area contributed by atoms with Crippen LogP contribution in [0.1, 0.15) is 31.2 Å². The van der Waals surface area contributed by atoms with E-state index in [2.05, 4.69) is 21.2 Å². The lowest BCUT2D eigenvalue weighted by molar-refractivity contribution is -0.188. The summed E-state index contributed by atoms with van der Waals surface area (Å²) in [7, 11) is 0. The molecule has 1 N–H and O–H groups in total. The minimum atomic E-state index is -4.25. The second-order valence-electron chi connectivity index (χ2n) is 7.28. The van der Waals surface area contributed by atoms with Crippen molar-refractivity contribution in [3.8, 4) is 0 Å². The third kappa shape index (κ3) is 5.03. The number of likely N-dealkylation sites (tertiary alicyclic amines) is 1. The number of carbonyl (C=O) groups is 1. The van der Waals surface area contributed by atoms with Gasteiger partial charge in [0, 0.05) is 36.3 Å². The fraction of sp³-hybridized carbons (Fsp3) is 0.632. The number of rotatable bonds is 4. The number of hydrogen-bond donors (Lipinski definition) is 1. The summed E-state index contributed by atoms with van der Waals surface area (Å²) < 4.78 is 45.4. The van der Waals surface area contributed by atoms with Crippen LogP contribution in [0.4, 0.5) is 13.2 Å². The summed E-state index contributed by atoms with van der Waals surface area (Å²) in [6.07, 6.45) is -2.34. The topological polar surface area (TPSA) is 41.6 Å². The van der Waals surface area contributed by atoms with Crippen molar-refractivity contribution in [3.05, 3.63) is 34.3 Å². The highest BCUT2D eigenvalue weighted by Gasteiger charge is 2.43. The fourth-order valence-corrected chi connectivity index (χ4v) is 4.30. The molecule has 2 saturated heterocycles. The zero-order chi connectivity index (χ0) is 19.5. The number of nitrogens with one attached hydrogen (secondary N) is 1. The third-order valence-corrected chi connectivity index (χ3v) is 6.03. The van der Waals surface area contributed by atoms with Crippen molar-refractivity contribution in [2.75, 3.05) is 32.8 Å². The largest absolute Gasteiger partial charge is 0.393 e. The maximum Gasteiger partial charge on any atom is 0.393 e. The highest BCUT2D eigenvalue weighted by atomic mass is 79.9. The summed E-state index contributed by atoms with van der Waals surface area (Å²) in [4.78, 5) is 14.0. The second-order valence-corrected chi connectivity index (χ2v) is 8.19. The Labute approximate surface area is 165 Å². The molecule has 1 amide bonds. The van der Waals surface area contributed by atoms with E-state index in [1.165, 1.54) is 4.90 Å². The van der Waals surface area contributed by atoms with Crippen LogP contribution in [-0.2, 0) is 15.1 Å². The van der Waals surface area contributed by atoms with Crippen molar-refractivity contribution in [3.63, 3.8) is 0 Å². The van der Waals surface area contributed by atoms with Crippen molar-refractivity contribution >= 4 is 21.8 Å². The highest BCUT2D eigenvalue weighted by Crippen LogP contribution is 2.35. The lowest BCUT2D eigenvalue weighted by Crippen LogP contribution is -2.52. The number of alkyl halides is 3. The van der Waals surface area contributed by atoms with E-state index in [0.29, 0.717) is 39.0 Å². The zero-order valence-electron chi connectivity index (χ0n) is 15.0. The number of halogens is 4. The van der Waals surface area contributed by atoms with Gasteiger partial charge in [-0.05, 0) is 43.4 Å². The number of piperidine rings is 1. The van der Waals surface area contributed by atoms with Gasteiger partial charge in [-0.3, -0.25) is 10.1 Å². The Morgan fingerprint density at radius 2 is 2.07 bits per heavy atom. The van der Waals surface area contributed by atoms with Crippen LogP contribution in [0.5, 0.6) is 0 Å². The SMILES string of the molecule is O=C(CNC1(c2cccc(Br)c2)CCOCC1)N1CCCC(C(F)(F)F)C1. The van der Waals surface area contributed by atoms with E-state index in [4.69, 9.17) is 4.74 Å². The zero-order valence-corrected chi connectivity index (χ0v) is 16.6. The molecule has 0 aliphatic carbocycles. The Morgan fingerprint density at radius 3 is 2.74 bits per heavy atom. The van der Waals surface area contributed by atoms with Gasteiger partial charge in [-0.2, -0.15) is 13.2 Å². The van der Waals surface area contributed by atoms with Gasteiger partial charge in [0.15, 0.2) is 0 Å². The molecule has 2 fully saturated rings. The van der Waals surface area contributed by atoms with Crippen LogP contribution in [0.25, 0.3) is 0 Å². The average molecular weight is 449 g/mol. The van der Waals surface area contributed by atoms with Gasteiger partial charge in [0.25, 0.3) is 0 Å². The minimum absolute atomic E-state index is 0.0249. The summed E-state index contributed by atoms with van der Waals surface area (Å²) in [5.74, 6) is -1.69. The fourth-order valence-electron chi connectivity index (χ4n) is 3.90. The summed E-state index contributed by atoms with van der Waals surface area (Å²) in [6.45, 7) is 1.33. The van der Waals surface area contributed by atoms with Crippen LogP contribution >= 0.6 is 15.9 Å². The van der Waals surface area contributed by atoms with Gasteiger partial charge in [0.05, 0.1) is 12.5 Å². The third-order valence-electron chi connectivity index (χ3n) is 5.54. The normalized spacial score (nSPS) is 23.3. The summed E-state index contributed by atoms with van der Waals surface area (Å²) in [5, 5.41) is 3.36. The second kappa shape index (κ2) is 8.49. The molecule has 0 bridgehead atoms. The van der Waals surface area contributed by atoms with Gasteiger partial charge in [0.1, 0.15) is 0 Å². The molecule has 2 heterocycles. The van der Waals surface area contributed by atoms with E-state index in [1.807, 2.05) is 24.3 Å². The maximum atomic E-state index is 13.0. The molecule has 1 aromatic carbocycles. The van der Waals surface area contributed by atoms with Gasteiger partial charge in [0.2, 0.25) is 5.91 Å². The first-order chi connectivity index (χ1) is 12.8. The lowest BCUT2D eigenvalue weighted by Gasteiger charge is -2.40. The molecule has 1 atom stereocenters. The molecule has 2 aliphatic heterocycles. The molecule has 150 valence electrons. The average Bonchev–Trinajstić information content (AvgIpc) is 2.66. The smallest absolute Gasteiger partial charge is 0.381 e. The Bertz CT molecular complexity index is 663. The first-order valence-corrected chi connectivity index (χ1v) is 10.0. The Balaban J connectivity index is 1.68. The molecule has 1 unspecified atom stereocenters. The van der Waals surface area contributed by atoms with Crippen LogP contribution < -0.4 is 5.32 Å². The molecule has 0 saturated carbocycles. The Morgan fingerprint density at radius 1 is 1.33 bits per heavy atom. The first-order valence-electron chi connectivity index (χ1n) is 9.23. The molecule has 2 aliphatic rings. The van der Waals surface area contributed by atoms with E-state index in [1.54, 1.807) is 0 Å². The number of amides is 1. The highest BCUT2D eigenvalue weighted by molar-refractivity contribution is 9.10. The molecule has 3 rings (SSSR count). The molecule has 0 spiro atoms. The molecule has 27 heavy (non-hydrogen) atoms. The van der Waals surface area contributed by atoms with Crippen LogP contribution in [0.2, 0.25) is 0 Å². The monoisotopic (exact) mass is 448 g/mol. The lowest BCUT2D eigenvalue weighted by atomic mass is 9.82. The summed E-state index contributed by atoms with van der Waals surface area (Å²) >= 11 is 3.48. The minimum Gasteiger partial charge on any atom is -0.381 e. The quantitative estimate of drug-likeness (QED) is 0.760. The van der Waals surface area contributed by atoms with Crippen molar-refractivity contribution in [1.29, 1.82) is 0 Å². The molecular formula is C19H24BrF3N2O2. The van der Waals surface area contributed by atoms with Crippen LogP contribution in [0, 0.1) is 5.92 Å². The maximum absolute atomic E-state index is 13.0. The van der Waals surface area contributed by atoms with Crippen molar-refractivity contribution in [2.45, 2.75) is 37.4 Å². The van der Waals surface area contributed by atoms with E-state index in [-0.39, 0.29) is 25.4 Å². The molecular weight excluding hydrogens is 425 g/mol.